The Morgan fingerprint density at radius 1 is 1.00 bits per heavy atom. The summed E-state index contributed by atoms with van der Waals surface area (Å²) in [5.74, 6) is 0.772. The summed E-state index contributed by atoms with van der Waals surface area (Å²) in [6, 6.07) is 11.7. The first-order valence-electron chi connectivity index (χ1n) is 10.8. The second-order valence-corrected chi connectivity index (χ2v) is 8.09. The van der Waals surface area contributed by atoms with Crippen LogP contribution in [0, 0.1) is 5.92 Å². The molecule has 7 heteroatoms. The van der Waals surface area contributed by atoms with E-state index in [1.165, 1.54) is 25.0 Å². The third kappa shape index (κ3) is 5.52. The van der Waals surface area contributed by atoms with Crippen molar-refractivity contribution in [2.45, 2.75) is 51.2 Å². The number of rotatable bonds is 7. The first-order valence-corrected chi connectivity index (χ1v) is 10.8. The third-order valence-corrected chi connectivity index (χ3v) is 5.75. The Hall–Kier alpha value is -2.25. The van der Waals surface area contributed by atoms with Gasteiger partial charge in [0.2, 0.25) is 0 Å². The van der Waals surface area contributed by atoms with Crippen molar-refractivity contribution < 1.29 is 32.1 Å². The molecule has 0 radical (unpaired) electrons. The number of alkyl halides is 3. The van der Waals surface area contributed by atoms with Gasteiger partial charge in [-0.2, -0.15) is 0 Å². The van der Waals surface area contributed by atoms with Crippen LogP contribution in [0.25, 0.3) is 11.1 Å². The van der Waals surface area contributed by atoms with Gasteiger partial charge in [0, 0.05) is 18.1 Å². The van der Waals surface area contributed by atoms with Crippen molar-refractivity contribution in [3.8, 4) is 22.6 Å². The standard InChI is InChI=1S/C24H27F3O4/c1-2-3-4-11-28-20-12-18-14-29-22-13-17(7-10-21(22)23(18)30-15-20)16-5-8-19(9-6-16)31-24(25,26)27/h5-10,13,18,20,23H,2-4,11-12,14-15H2,1H3/t18-,20-,23+/m0/s1. The third-order valence-electron chi connectivity index (χ3n) is 5.75. The van der Waals surface area contributed by atoms with Gasteiger partial charge in [-0.25, -0.2) is 0 Å². The monoisotopic (exact) mass is 436 g/mol. The molecule has 0 saturated carbocycles. The molecule has 0 amide bonds. The summed E-state index contributed by atoms with van der Waals surface area (Å²) in [5, 5.41) is 0. The molecule has 0 aromatic heterocycles. The van der Waals surface area contributed by atoms with Crippen molar-refractivity contribution in [3.05, 3.63) is 48.0 Å². The molecule has 4 rings (SSSR count). The molecule has 2 aromatic carbocycles. The SMILES string of the molecule is CCCCCO[C@@H]1CO[C@H]2c3ccc(-c4ccc(OC(F)(F)F)cc4)cc3OC[C@@H]2C1. The number of benzene rings is 2. The zero-order valence-electron chi connectivity index (χ0n) is 17.5. The lowest BCUT2D eigenvalue weighted by atomic mass is 9.86. The molecule has 168 valence electrons. The minimum atomic E-state index is -4.70. The Balaban J connectivity index is 1.41. The molecule has 0 N–H and O–H groups in total. The van der Waals surface area contributed by atoms with Crippen LogP contribution < -0.4 is 9.47 Å². The number of halogens is 3. The minimum Gasteiger partial charge on any atom is -0.493 e. The molecule has 0 bridgehead atoms. The van der Waals surface area contributed by atoms with Crippen LogP contribution in [0.2, 0.25) is 0 Å². The van der Waals surface area contributed by atoms with Gasteiger partial charge in [-0.05, 0) is 42.2 Å². The summed E-state index contributed by atoms with van der Waals surface area (Å²) in [6.07, 6.45) is -0.262. The van der Waals surface area contributed by atoms with Gasteiger partial charge >= 0.3 is 6.36 Å². The molecule has 31 heavy (non-hydrogen) atoms. The van der Waals surface area contributed by atoms with Crippen molar-refractivity contribution in [3.63, 3.8) is 0 Å². The molecule has 0 aliphatic carbocycles. The maximum absolute atomic E-state index is 12.3. The molecule has 1 saturated heterocycles. The lowest BCUT2D eigenvalue weighted by Gasteiger charge is -2.40. The van der Waals surface area contributed by atoms with Crippen molar-refractivity contribution in [1.29, 1.82) is 0 Å². The van der Waals surface area contributed by atoms with E-state index in [9.17, 15) is 13.2 Å². The maximum Gasteiger partial charge on any atom is 0.573 e. The van der Waals surface area contributed by atoms with E-state index >= 15 is 0 Å². The quantitative estimate of drug-likeness (QED) is 0.478. The molecular formula is C24H27F3O4. The van der Waals surface area contributed by atoms with Gasteiger partial charge in [-0.1, -0.05) is 44.0 Å². The van der Waals surface area contributed by atoms with Gasteiger partial charge < -0.3 is 18.9 Å². The fourth-order valence-corrected chi connectivity index (χ4v) is 4.21. The van der Waals surface area contributed by atoms with Crippen molar-refractivity contribution in [2.75, 3.05) is 19.8 Å². The smallest absolute Gasteiger partial charge is 0.493 e. The normalized spacial score (nSPS) is 22.9. The van der Waals surface area contributed by atoms with Crippen molar-refractivity contribution >= 4 is 0 Å². The molecule has 3 atom stereocenters. The van der Waals surface area contributed by atoms with Crippen LogP contribution >= 0.6 is 0 Å². The highest BCUT2D eigenvalue weighted by Gasteiger charge is 2.38. The highest BCUT2D eigenvalue weighted by Crippen LogP contribution is 2.44. The van der Waals surface area contributed by atoms with Gasteiger partial charge in [-0.3, -0.25) is 0 Å². The predicted octanol–water partition coefficient (Wildman–Crippen LogP) is 6.30. The molecule has 2 heterocycles. The number of ether oxygens (including phenoxy) is 4. The summed E-state index contributed by atoms with van der Waals surface area (Å²) >= 11 is 0. The average Bonchev–Trinajstić information content (AvgIpc) is 2.75. The van der Waals surface area contributed by atoms with E-state index in [0.717, 1.165) is 41.9 Å². The summed E-state index contributed by atoms with van der Waals surface area (Å²) in [5.41, 5.74) is 2.67. The summed E-state index contributed by atoms with van der Waals surface area (Å²) < 4.78 is 59.1. The average molecular weight is 436 g/mol. The number of unbranched alkanes of at least 4 members (excludes halogenated alkanes) is 2. The Morgan fingerprint density at radius 2 is 1.77 bits per heavy atom. The lowest BCUT2D eigenvalue weighted by molar-refractivity contribution is -0.274. The fraction of sp³-hybridized carbons (Fsp3) is 0.500. The van der Waals surface area contributed by atoms with E-state index in [0.29, 0.717) is 13.2 Å². The van der Waals surface area contributed by atoms with Crippen LogP contribution in [0.5, 0.6) is 11.5 Å². The van der Waals surface area contributed by atoms with E-state index in [2.05, 4.69) is 11.7 Å². The predicted molar refractivity (Wildman–Crippen MR) is 110 cm³/mol. The zero-order chi connectivity index (χ0) is 21.8. The molecule has 0 spiro atoms. The zero-order valence-corrected chi connectivity index (χ0v) is 17.5. The molecule has 2 aromatic rings. The molecule has 1 fully saturated rings. The van der Waals surface area contributed by atoms with Gasteiger partial charge in [0.1, 0.15) is 11.5 Å². The van der Waals surface area contributed by atoms with E-state index in [4.69, 9.17) is 14.2 Å². The molecule has 2 aliphatic heterocycles. The largest absolute Gasteiger partial charge is 0.573 e. The lowest BCUT2D eigenvalue weighted by Crippen LogP contribution is -2.39. The first kappa shape index (κ1) is 22.0. The van der Waals surface area contributed by atoms with Crippen LogP contribution in [0.15, 0.2) is 42.5 Å². The molecule has 4 nitrogen and oxygen atoms in total. The van der Waals surface area contributed by atoms with E-state index in [-0.39, 0.29) is 23.9 Å². The van der Waals surface area contributed by atoms with Gasteiger partial charge in [0.15, 0.2) is 0 Å². The van der Waals surface area contributed by atoms with Crippen molar-refractivity contribution in [2.24, 2.45) is 5.92 Å². The Labute approximate surface area is 180 Å². The highest BCUT2D eigenvalue weighted by atomic mass is 19.4. The molecular weight excluding hydrogens is 409 g/mol. The summed E-state index contributed by atoms with van der Waals surface area (Å²) in [4.78, 5) is 0. The number of fused-ring (bicyclic) bond motifs is 3. The first-order chi connectivity index (χ1) is 14.9. The fourth-order valence-electron chi connectivity index (χ4n) is 4.21. The maximum atomic E-state index is 12.3. The number of hydrogen-bond acceptors (Lipinski definition) is 4. The Morgan fingerprint density at radius 3 is 2.52 bits per heavy atom. The second-order valence-electron chi connectivity index (χ2n) is 8.09. The van der Waals surface area contributed by atoms with Crippen LogP contribution in [-0.4, -0.2) is 32.3 Å². The van der Waals surface area contributed by atoms with E-state index in [1.54, 1.807) is 12.1 Å². The van der Waals surface area contributed by atoms with E-state index in [1.807, 2.05) is 18.2 Å². The van der Waals surface area contributed by atoms with Gasteiger partial charge in [-0.15, -0.1) is 13.2 Å². The van der Waals surface area contributed by atoms with Gasteiger partial charge in [0.25, 0.3) is 0 Å². The summed E-state index contributed by atoms with van der Waals surface area (Å²) in [7, 11) is 0. The van der Waals surface area contributed by atoms with E-state index < -0.39 is 6.36 Å². The Bertz CT molecular complexity index is 866. The number of hydrogen-bond donors (Lipinski definition) is 0. The van der Waals surface area contributed by atoms with Crippen molar-refractivity contribution in [1.82, 2.24) is 0 Å². The molecule has 0 unspecified atom stereocenters. The van der Waals surface area contributed by atoms with Gasteiger partial charge in [0.05, 0.1) is 25.4 Å². The van der Waals surface area contributed by atoms with Crippen LogP contribution in [0.1, 0.15) is 44.3 Å². The van der Waals surface area contributed by atoms with Crippen LogP contribution in [-0.2, 0) is 9.47 Å². The highest BCUT2D eigenvalue weighted by molar-refractivity contribution is 5.67. The van der Waals surface area contributed by atoms with Crippen LogP contribution in [0.3, 0.4) is 0 Å². The minimum absolute atomic E-state index is 0.0177. The Kier molecular flexibility index (Phi) is 6.72. The van der Waals surface area contributed by atoms with Crippen LogP contribution in [0.4, 0.5) is 13.2 Å². The molecule has 2 aliphatic rings. The second kappa shape index (κ2) is 9.49. The topological polar surface area (TPSA) is 36.9 Å². The summed E-state index contributed by atoms with van der Waals surface area (Å²) in [6.45, 7) is 4.09.